The van der Waals surface area contributed by atoms with Crippen LogP contribution in [0, 0.1) is 11.6 Å². The first-order valence-corrected chi connectivity index (χ1v) is 9.36. The van der Waals surface area contributed by atoms with Crippen molar-refractivity contribution < 1.29 is 31.5 Å². The van der Waals surface area contributed by atoms with E-state index in [2.05, 4.69) is 15.1 Å². The van der Waals surface area contributed by atoms with Crippen LogP contribution in [0.25, 0.3) is 17.1 Å². The van der Waals surface area contributed by atoms with Crippen LogP contribution >= 0.6 is 0 Å². The molecule has 3 aromatic heterocycles. The number of carbonyl (C=O) groups excluding carboxylic acids is 1. The molecule has 34 heavy (non-hydrogen) atoms. The minimum atomic E-state index is -5.18. The third-order valence-corrected chi connectivity index (χ3v) is 4.53. The maximum absolute atomic E-state index is 14.8. The number of anilines is 1. The minimum absolute atomic E-state index is 0.118. The number of rotatable bonds is 5. The first-order chi connectivity index (χ1) is 16.1. The number of alkyl halides is 3. The van der Waals surface area contributed by atoms with Crippen LogP contribution in [0.3, 0.4) is 0 Å². The Morgan fingerprint density at radius 2 is 1.76 bits per heavy atom. The highest BCUT2D eigenvalue weighted by Crippen LogP contribution is 2.39. The van der Waals surface area contributed by atoms with Gasteiger partial charge in [-0.25, -0.2) is 23.4 Å². The molecule has 4 aromatic rings. The van der Waals surface area contributed by atoms with Crippen LogP contribution in [0.2, 0.25) is 0 Å². The molecule has 3 heterocycles. The molecule has 4 rings (SSSR count). The summed E-state index contributed by atoms with van der Waals surface area (Å²) in [5.41, 5.74) is 7.17. The topological polar surface area (TPSA) is 122 Å². The van der Waals surface area contributed by atoms with Gasteiger partial charge in [0.05, 0.1) is 5.56 Å². The summed E-state index contributed by atoms with van der Waals surface area (Å²) in [6.07, 6.45) is -2.80. The minimum Gasteiger partial charge on any atom is -0.454 e. The molecule has 0 fully saturated rings. The van der Waals surface area contributed by atoms with Crippen molar-refractivity contribution >= 4 is 11.7 Å². The fourth-order valence-electron chi connectivity index (χ4n) is 3.15. The van der Waals surface area contributed by atoms with E-state index in [1.165, 1.54) is 18.3 Å². The van der Waals surface area contributed by atoms with Gasteiger partial charge in [0.25, 0.3) is 5.91 Å². The molecule has 1 aromatic carbocycles. The van der Waals surface area contributed by atoms with Crippen LogP contribution in [-0.4, -0.2) is 25.7 Å². The van der Waals surface area contributed by atoms with Crippen LogP contribution in [0.4, 0.5) is 27.8 Å². The Balaban J connectivity index is 1.87. The molecule has 174 valence electrons. The van der Waals surface area contributed by atoms with Gasteiger partial charge in [-0.3, -0.25) is 4.79 Å². The van der Waals surface area contributed by atoms with Gasteiger partial charge in [-0.2, -0.15) is 18.3 Å². The number of carbonyl (C=O) groups is 1. The van der Waals surface area contributed by atoms with Gasteiger partial charge in [0, 0.05) is 24.0 Å². The first-order valence-electron chi connectivity index (χ1n) is 9.36. The number of nitrogens with two attached hydrogens (primary N) is 2. The SMILES string of the molecule is NC(=O)c1c(-c2ccc(Oc3ccnc(N)c3)c(F)c2)nn(-c2ncccc2F)c1C(F)(F)F. The molecule has 0 radical (unpaired) electrons. The average molecular weight is 476 g/mol. The number of nitrogen functional groups attached to an aromatic ring is 1. The molecule has 0 aliphatic carbocycles. The molecular formula is C21H13F5N6O2. The highest BCUT2D eigenvalue weighted by Gasteiger charge is 2.43. The number of halogens is 5. The van der Waals surface area contributed by atoms with Gasteiger partial charge < -0.3 is 16.2 Å². The van der Waals surface area contributed by atoms with E-state index in [1.807, 2.05) is 0 Å². The van der Waals surface area contributed by atoms with E-state index in [1.54, 1.807) is 0 Å². The highest BCUT2D eigenvalue weighted by molar-refractivity contribution is 6.00. The summed E-state index contributed by atoms with van der Waals surface area (Å²) in [7, 11) is 0. The predicted molar refractivity (Wildman–Crippen MR) is 109 cm³/mol. The molecule has 1 amide bonds. The molecule has 0 saturated carbocycles. The van der Waals surface area contributed by atoms with Crippen LogP contribution in [0.5, 0.6) is 11.5 Å². The van der Waals surface area contributed by atoms with E-state index in [9.17, 15) is 26.7 Å². The van der Waals surface area contributed by atoms with Gasteiger partial charge in [0.1, 0.15) is 17.3 Å². The van der Waals surface area contributed by atoms with Crippen molar-refractivity contribution in [2.24, 2.45) is 5.73 Å². The van der Waals surface area contributed by atoms with E-state index in [0.29, 0.717) is 0 Å². The first kappa shape index (κ1) is 22.6. The van der Waals surface area contributed by atoms with Crippen molar-refractivity contribution in [2.45, 2.75) is 6.18 Å². The Labute approximate surface area is 187 Å². The number of pyridine rings is 2. The average Bonchev–Trinajstić information content (AvgIpc) is 3.17. The largest absolute Gasteiger partial charge is 0.454 e. The fraction of sp³-hybridized carbons (Fsp3) is 0.0476. The lowest BCUT2D eigenvalue weighted by molar-refractivity contribution is -0.143. The molecule has 0 atom stereocenters. The van der Waals surface area contributed by atoms with Crippen molar-refractivity contribution in [3.8, 4) is 28.6 Å². The van der Waals surface area contributed by atoms with Gasteiger partial charge in [-0.15, -0.1) is 0 Å². The Bertz CT molecular complexity index is 1400. The molecular weight excluding hydrogens is 463 g/mol. The quantitative estimate of drug-likeness (QED) is 0.418. The second-order valence-corrected chi connectivity index (χ2v) is 6.82. The van der Waals surface area contributed by atoms with Crippen molar-refractivity contribution in [3.63, 3.8) is 0 Å². The van der Waals surface area contributed by atoms with Gasteiger partial charge >= 0.3 is 6.18 Å². The summed E-state index contributed by atoms with van der Waals surface area (Å²) in [6.45, 7) is 0. The predicted octanol–water partition coefficient (Wildman–Crippen LogP) is 4.10. The third kappa shape index (κ3) is 4.22. The normalized spacial score (nSPS) is 11.4. The monoisotopic (exact) mass is 476 g/mol. The number of ether oxygens (including phenoxy) is 1. The zero-order chi connectivity index (χ0) is 24.6. The van der Waals surface area contributed by atoms with Gasteiger partial charge in [-0.1, -0.05) is 0 Å². The number of primary amides is 1. The summed E-state index contributed by atoms with van der Waals surface area (Å²) in [5, 5.41) is 3.73. The lowest BCUT2D eigenvalue weighted by atomic mass is 10.0. The standard InChI is InChI=1S/C21H13F5N6O2/c22-12-2-1-6-30-20(12)32-18(21(24,25)26)16(19(28)33)17(31-32)10-3-4-14(13(23)8-10)34-11-5-7-29-15(27)9-11/h1-9H,(H2,27,29)(H2,28,33). The molecule has 0 aliphatic rings. The molecule has 0 unspecified atom stereocenters. The van der Waals surface area contributed by atoms with Crippen LogP contribution in [-0.2, 0) is 6.18 Å². The van der Waals surface area contributed by atoms with E-state index in [-0.39, 0.29) is 27.6 Å². The molecule has 13 heteroatoms. The summed E-state index contributed by atoms with van der Waals surface area (Å²) in [5.74, 6) is -4.46. The van der Waals surface area contributed by atoms with Gasteiger partial charge in [-0.05, 0) is 36.4 Å². The zero-order valence-corrected chi connectivity index (χ0v) is 16.8. The Hall–Kier alpha value is -4.55. The number of aromatic nitrogens is 4. The lowest BCUT2D eigenvalue weighted by Gasteiger charge is -2.11. The van der Waals surface area contributed by atoms with Crippen molar-refractivity contribution in [3.05, 3.63) is 77.8 Å². The van der Waals surface area contributed by atoms with Crippen LogP contribution in [0.1, 0.15) is 16.1 Å². The third-order valence-electron chi connectivity index (χ3n) is 4.53. The summed E-state index contributed by atoms with van der Waals surface area (Å²) in [4.78, 5) is 19.4. The lowest BCUT2D eigenvalue weighted by Crippen LogP contribution is -2.21. The van der Waals surface area contributed by atoms with Crippen molar-refractivity contribution in [1.82, 2.24) is 19.7 Å². The number of amides is 1. The number of hydrogen-bond acceptors (Lipinski definition) is 6. The Kier molecular flexibility index (Phi) is 5.61. The number of hydrogen-bond donors (Lipinski definition) is 2. The molecule has 0 bridgehead atoms. The Morgan fingerprint density at radius 1 is 1.00 bits per heavy atom. The van der Waals surface area contributed by atoms with Gasteiger partial charge in [0.2, 0.25) is 0 Å². The summed E-state index contributed by atoms with van der Waals surface area (Å²) < 4.78 is 76.2. The molecule has 0 aliphatic heterocycles. The van der Waals surface area contributed by atoms with Crippen molar-refractivity contribution in [2.75, 3.05) is 5.73 Å². The van der Waals surface area contributed by atoms with E-state index in [0.717, 1.165) is 36.5 Å². The molecule has 8 nitrogen and oxygen atoms in total. The van der Waals surface area contributed by atoms with E-state index < -0.39 is 46.5 Å². The van der Waals surface area contributed by atoms with Gasteiger partial charge in [0.15, 0.2) is 28.9 Å². The number of nitrogens with zero attached hydrogens (tertiary/aromatic N) is 4. The molecule has 0 saturated heterocycles. The highest BCUT2D eigenvalue weighted by atomic mass is 19.4. The maximum atomic E-state index is 14.8. The Morgan fingerprint density at radius 3 is 2.38 bits per heavy atom. The fourth-order valence-corrected chi connectivity index (χ4v) is 3.15. The summed E-state index contributed by atoms with van der Waals surface area (Å²) >= 11 is 0. The van der Waals surface area contributed by atoms with Crippen LogP contribution < -0.4 is 16.2 Å². The maximum Gasteiger partial charge on any atom is 0.434 e. The van der Waals surface area contributed by atoms with E-state index in [4.69, 9.17) is 16.2 Å². The van der Waals surface area contributed by atoms with Crippen molar-refractivity contribution in [1.29, 1.82) is 0 Å². The second kappa shape index (κ2) is 8.42. The summed E-state index contributed by atoms with van der Waals surface area (Å²) in [6, 6.07) is 7.84. The van der Waals surface area contributed by atoms with E-state index >= 15 is 0 Å². The molecule has 0 spiro atoms. The zero-order valence-electron chi connectivity index (χ0n) is 16.8. The molecule has 4 N–H and O–H groups in total. The van der Waals surface area contributed by atoms with Crippen LogP contribution in [0.15, 0.2) is 54.9 Å². The number of benzene rings is 1. The second-order valence-electron chi connectivity index (χ2n) is 6.82. The smallest absolute Gasteiger partial charge is 0.434 e.